The van der Waals surface area contributed by atoms with E-state index in [-0.39, 0.29) is 0 Å². The molecule has 0 aromatic carbocycles. The lowest BCUT2D eigenvalue weighted by Gasteiger charge is -2.34. The zero-order chi connectivity index (χ0) is 11.1. The molecule has 0 radical (unpaired) electrons. The first kappa shape index (κ1) is 12.5. The summed E-state index contributed by atoms with van der Waals surface area (Å²) in [7, 11) is 0. The quantitative estimate of drug-likeness (QED) is 0.699. The van der Waals surface area contributed by atoms with Crippen LogP contribution in [0.5, 0.6) is 0 Å². The fraction of sp³-hybridized carbons (Fsp3) is 0.917. The maximum Gasteiger partial charge on any atom is 0.0868 e. The van der Waals surface area contributed by atoms with Crippen LogP contribution < -0.4 is 5.32 Å². The van der Waals surface area contributed by atoms with Crippen LogP contribution in [0.25, 0.3) is 0 Å². The molecule has 0 aromatic heterocycles. The number of hydrogen-bond acceptors (Lipinski definition) is 3. The molecule has 0 aliphatic carbocycles. The summed E-state index contributed by atoms with van der Waals surface area (Å²) in [6, 6.07) is 2.85. The molecule has 3 nitrogen and oxygen atoms in total. The molecule has 0 saturated carbocycles. The van der Waals surface area contributed by atoms with Gasteiger partial charge < -0.3 is 5.32 Å². The minimum Gasteiger partial charge on any atom is -0.315 e. The van der Waals surface area contributed by atoms with Crippen molar-refractivity contribution in [2.45, 2.75) is 39.2 Å². The second-order valence-corrected chi connectivity index (χ2v) is 4.83. The Morgan fingerprint density at radius 1 is 1.47 bits per heavy atom. The molecule has 1 rings (SSSR count). The maximum atomic E-state index is 8.74. The van der Waals surface area contributed by atoms with Gasteiger partial charge in [0.05, 0.1) is 12.6 Å². The number of hydrogen-bond donors (Lipinski definition) is 1. The van der Waals surface area contributed by atoms with Gasteiger partial charge in [0.1, 0.15) is 0 Å². The summed E-state index contributed by atoms with van der Waals surface area (Å²) >= 11 is 0. The average Bonchev–Trinajstić information content (AvgIpc) is 2.20. The Balaban J connectivity index is 2.26. The number of nitrogens with one attached hydrogen (secondary N) is 1. The normalized spacial score (nSPS) is 22.9. The molecule has 1 N–H and O–H groups in total. The van der Waals surface area contributed by atoms with E-state index in [4.69, 9.17) is 5.26 Å². The number of likely N-dealkylation sites (tertiary alicyclic amines) is 1. The van der Waals surface area contributed by atoms with Gasteiger partial charge in [0.2, 0.25) is 0 Å². The minimum atomic E-state index is 0.581. The van der Waals surface area contributed by atoms with Crippen LogP contribution in [-0.4, -0.2) is 37.1 Å². The second kappa shape index (κ2) is 6.81. The summed E-state index contributed by atoms with van der Waals surface area (Å²) in [4.78, 5) is 2.32. The van der Waals surface area contributed by atoms with E-state index < -0.39 is 0 Å². The first-order valence-corrected chi connectivity index (χ1v) is 6.05. The van der Waals surface area contributed by atoms with Crippen LogP contribution in [0.3, 0.4) is 0 Å². The number of nitriles is 1. The third-order valence-corrected chi connectivity index (χ3v) is 2.96. The van der Waals surface area contributed by atoms with E-state index in [0.717, 1.165) is 19.6 Å². The van der Waals surface area contributed by atoms with Crippen molar-refractivity contribution in [3.05, 3.63) is 0 Å². The molecular weight excluding hydrogens is 186 g/mol. The Labute approximate surface area is 93.5 Å². The Morgan fingerprint density at radius 2 is 2.27 bits per heavy atom. The molecule has 0 bridgehead atoms. The highest BCUT2D eigenvalue weighted by Crippen LogP contribution is 2.15. The molecule has 0 spiro atoms. The lowest BCUT2D eigenvalue weighted by atomic mass is 10.0. The van der Waals surface area contributed by atoms with E-state index in [2.05, 4.69) is 30.1 Å². The van der Waals surface area contributed by atoms with Gasteiger partial charge in [-0.15, -0.1) is 0 Å². The molecule has 0 amide bonds. The van der Waals surface area contributed by atoms with Crippen LogP contribution in [0.1, 0.15) is 33.1 Å². The van der Waals surface area contributed by atoms with Crippen LogP contribution in [0.2, 0.25) is 0 Å². The Morgan fingerprint density at radius 3 is 2.93 bits per heavy atom. The summed E-state index contributed by atoms with van der Waals surface area (Å²) < 4.78 is 0. The van der Waals surface area contributed by atoms with E-state index >= 15 is 0 Å². The van der Waals surface area contributed by atoms with Crippen LogP contribution in [0, 0.1) is 17.2 Å². The van der Waals surface area contributed by atoms with Crippen molar-refractivity contribution in [2.75, 3.05) is 26.2 Å². The van der Waals surface area contributed by atoms with Crippen molar-refractivity contribution in [2.24, 2.45) is 5.92 Å². The van der Waals surface area contributed by atoms with Crippen molar-refractivity contribution in [3.63, 3.8) is 0 Å². The number of rotatable bonds is 5. The Kier molecular flexibility index (Phi) is 5.67. The molecule has 1 aliphatic heterocycles. The highest BCUT2D eigenvalue weighted by molar-refractivity contribution is 4.85. The summed E-state index contributed by atoms with van der Waals surface area (Å²) in [6.45, 7) is 8.26. The van der Waals surface area contributed by atoms with Gasteiger partial charge in [0.15, 0.2) is 0 Å². The van der Waals surface area contributed by atoms with Crippen molar-refractivity contribution in [3.8, 4) is 6.07 Å². The maximum absolute atomic E-state index is 8.74. The van der Waals surface area contributed by atoms with Gasteiger partial charge in [-0.25, -0.2) is 0 Å². The first-order chi connectivity index (χ1) is 7.24. The van der Waals surface area contributed by atoms with E-state index in [1.807, 2.05) is 0 Å². The van der Waals surface area contributed by atoms with E-state index in [9.17, 15) is 0 Å². The largest absolute Gasteiger partial charge is 0.315 e. The summed E-state index contributed by atoms with van der Waals surface area (Å²) in [5, 5.41) is 12.2. The molecule has 1 heterocycles. The van der Waals surface area contributed by atoms with Gasteiger partial charge in [-0.1, -0.05) is 20.3 Å². The van der Waals surface area contributed by atoms with E-state index in [1.54, 1.807) is 0 Å². The lowest BCUT2D eigenvalue weighted by molar-refractivity contribution is 0.163. The molecule has 1 fully saturated rings. The zero-order valence-corrected chi connectivity index (χ0v) is 10.00. The predicted octanol–water partition coefficient (Wildman–Crippen LogP) is 1.61. The molecule has 1 aliphatic rings. The lowest BCUT2D eigenvalue weighted by Crippen LogP contribution is -2.46. The fourth-order valence-corrected chi connectivity index (χ4v) is 2.13. The summed E-state index contributed by atoms with van der Waals surface area (Å²) in [6.07, 6.45) is 3.81. The van der Waals surface area contributed by atoms with Crippen LogP contribution in [0.15, 0.2) is 0 Å². The van der Waals surface area contributed by atoms with Gasteiger partial charge in [-0.3, -0.25) is 4.90 Å². The van der Waals surface area contributed by atoms with Crippen molar-refractivity contribution in [1.82, 2.24) is 10.2 Å². The molecule has 0 aromatic rings. The summed E-state index contributed by atoms with van der Waals surface area (Å²) in [5.74, 6) is 0.706. The van der Waals surface area contributed by atoms with E-state index in [1.165, 1.54) is 19.3 Å². The van der Waals surface area contributed by atoms with Gasteiger partial charge in [0, 0.05) is 12.6 Å². The molecule has 15 heavy (non-hydrogen) atoms. The smallest absolute Gasteiger partial charge is 0.0868 e. The molecule has 3 heteroatoms. The molecule has 1 unspecified atom stereocenters. The first-order valence-electron chi connectivity index (χ1n) is 6.05. The van der Waals surface area contributed by atoms with Gasteiger partial charge >= 0.3 is 0 Å². The second-order valence-electron chi connectivity index (χ2n) is 4.83. The topological polar surface area (TPSA) is 39.1 Å². The van der Waals surface area contributed by atoms with Crippen molar-refractivity contribution < 1.29 is 0 Å². The molecule has 86 valence electrons. The zero-order valence-electron chi connectivity index (χ0n) is 10.00. The Bertz CT molecular complexity index is 207. The van der Waals surface area contributed by atoms with E-state index in [0.29, 0.717) is 18.5 Å². The molecule has 1 saturated heterocycles. The SMILES string of the molecule is CC(C)CNCC1CCCCN1CC#N. The monoisotopic (exact) mass is 209 g/mol. The standard InChI is InChI=1S/C12H23N3/c1-11(2)9-14-10-12-5-3-4-7-15(12)8-6-13/h11-12,14H,3-5,7-10H2,1-2H3. The average molecular weight is 209 g/mol. The Hall–Kier alpha value is -0.590. The highest BCUT2D eigenvalue weighted by atomic mass is 15.2. The van der Waals surface area contributed by atoms with Gasteiger partial charge in [0.25, 0.3) is 0 Å². The fourth-order valence-electron chi connectivity index (χ4n) is 2.13. The third-order valence-electron chi connectivity index (χ3n) is 2.96. The predicted molar refractivity (Wildman–Crippen MR) is 62.5 cm³/mol. The van der Waals surface area contributed by atoms with Crippen molar-refractivity contribution >= 4 is 0 Å². The summed E-state index contributed by atoms with van der Waals surface area (Å²) in [5.41, 5.74) is 0. The van der Waals surface area contributed by atoms with Crippen LogP contribution in [-0.2, 0) is 0 Å². The molecular formula is C12H23N3. The minimum absolute atomic E-state index is 0.581. The van der Waals surface area contributed by atoms with Gasteiger partial charge in [-0.05, 0) is 31.8 Å². The number of piperidine rings is 1. The highest BCUT2D eigenvalue weighted by Gasteiger charge is 2.21. The van der Waals surface area contributed by atoms with Crippen LogP contribution >= 0.6 is 0 Å². The number of nitrogens with zero attached hydrogens (tertiary/aromatic N) is 2. The van der Waals surface area contributed by atoms with Crippen LogP contribution in [0.4, 0.5) is 0 Å². The van der Waals surface area contributed by atoms with Crippen molar-refractivity contribution in [1.29, 1.82) is 5.26 Å². The van der Waals surface area contributed by atoms with Gasteiger partial charge in [-0.2, -0.15) is 5.26 Å². The molecule has 1 atom stereocenters. The third kappa shape index (κ3) is 4.63.